The van der Waals surface area contributed by atoms with Gasteiger partial charge in [0.05, 0.1) is 16.4 Å². The Morgan fingerprint density at radius 2 is 1.79 bits per heavy atom. The largest absolute Gasteiger partial charge is 0.411 e. The summed E-state index contributed by atoms with van der Waals surface area (Å²) in [5.74, 6) is -0.405. The van der Waals surface area contributed by atoms with Crippen LogP contribution in [-0.4, -0.2) is 32.4 Å². The predicted molar refractivity (Wildman–Crippen MR) is 129 cm³/mol. The monoisotopic (exact) mass is 503 g/mol. The number of amides is 1. The van der Waals surface area contributed by atoms with E-state index in [4.69, 9.17) is 44.3 Å². The highest BCUT2D eigenvalue weighted by atomic mass is 35.5. The maximum Gasteiger partial charge on any atom is 0.308 e. The van der Waals surface area contributed by atoms with Crippen LogP contribution in [0.3, 0.4) is 0 Å². The van der Waals surface area contributed by atoms with Crippen LogP contribution in [-0.2, 0) is 0 Å². The fourth-order valence-electron chi connectivity index (χ4n) is 3.34. The summed E-state index contributed by atoms with van der Waals surface area (Å²) in [5, 5.41) is 17.0. The van der Waals surface area contributed by atoms with Crippen LogP contribution in [0.15, 0.2) is 46.9 Å². The number of aromatic nitrogens is 4. The summed E-state index contributed by atoms with van der Waals surface area (Å²) < 4.78 is 7.36. The Labute approximate surface area is 205 Å². The molecular formula is C23H20Cl3N5O2. The molecule has 2 aromatic heterocycles. The van der Waals surface area contributed by atoms with Gasteiger partial charge in [-0.2, -0.15) is 5.10 Å². The van der Waals surface area contributed by atoms with Gasteiger partial charge in [-0.05, 0) is 43.7 Å². The second-order valence-corrected chi connectivity index (χ2v) is 8.64. The molecule has 0 saturated heterocycles. The van der Waals surface area contributed by atoms with Crippen LogP contribution < -0.4 is 5.32 Å². The molecule has 1 N–H and O–H groups in total. The SMILES string of the molecule is CCCCNC(=O)c1nnc(-c2nn(-c3ccc(Cl)cc3Cl)c(-c3ccc(Cl)cc3)c2C)o1. The third-order valence-electron chi connectivity index (χ3n) is 5.02. The van der Waals surface area contributed by atoms with E-state index in [-0.39, 0.29) is 11.8 Å². The van der Waals surface area contributed by atoms with E-state index in [1.165, 1.54) is 0 Å². The number of carbonyl (C=O) groups excluding carboxylic acids is 1. The van der Waals surface area contributed by atoms with Crippen molar-refractivity contribution in [2.24, 2.45) is 0 Å². The zero-order chi connectivity index (χ0) is 23.5. The molecule has 7 nitrogen and oxygen atoms in total. The van der Waals surface area contributed by atoms with E-state index in [9.17, 15) is 4.79 Å². The number of carbonyl (C=O) groups is 1. The third kappa shape index (κ3) is 4.90. The van der Waals surface area contributed by atoms with Gasteiger partial charge in [-0.1, -0.05) is 60.3 Å². The van der Waals surface area contributed by atoms with Gasteiger partial charge in [0.15, 0.2) is 5.69 Å². The van der Waals surface area contributed by atoms with Crippen LogP contribution in [0.1, 0.15) is 36.0 Å². The fraction of sp³-hybridized carbons (Fsp3) is 0.217. The van der Waals surface area contributed by atoms with Gasteiger partial charge in [-0.25, -0.2) is 4.68 Å². The van der Waals surface area contributed by atoms with Crippen LogP contribution >= 0.6 is 34.8 Å². The maximum atomic E-state index is 12.3. The Morgan fingerprint density at radius 1 is 1.06 bits per heavy atom. The first kappa shape index (κ1) is 23.3. The molecule has 0 aliphatic heterocycles. The van der Waals surface area contributed by atoms with Crippen LogP contribution in [0.5, 0.6) is 0 Å². The van der Waals surface area contributed by atoms with Crippen LogP contribution in [0.4, 0.5) is 0 Å². The lowest BCUT2D eigenvalue weighted by atomic mass is 10.1. The Balaban J connectivity index is 1.81. The Bertz CT molecular complexity index is 1300. The van der Waals surface area contributed by atoms with E-state index in [1.54, 1.807) is 35.0 Å². The lowest BCUT2D eigenvalue weighted by Crippen LogP contribution is -2.24. The number of hydrogen-bond donors (Lipinski definition) is 1. The molecule has 10 heteroatoms. The van der Waals surface area contributed by atoms with Crippen LogP contribution in [0.25, 0.3) is 28.5 Å². The third-order valence-corrected chi connectivity index (χ3v) is 5.81. The topological polar surface area (TPSA) is 85.8 Å². The van der Waals surface area contributed by atoms with Gasteiger partial charge in [-0.3, -0.25) is 4.79 Å². The summed E-state index contributed by atoms with van der Waals surface area (Å²) in [5.41, 5.74) is 3.45. The van der Waals surface area contributed by atoms with E-state index in [1.807, 2.05) is 26.0 Å². The van der Waals surface area contributed by atoms with E-state index in [0.717, 1.165) is 29.7 Å². The van der Waals surface area contributed by atoms with Gasteiger partial charge in [0, 0.05) is 27.7 Å². The van der Waals surface area contributed by atoms with E-state index >= 15 is 0 Å². The molecule has 1 amide bonds. The number of rotatable bonds is 7. The van der Waals surface area contributed by atoms with Gasteiger partial charge < -0.3 is 9.73 Å². The molecule has 0 unspecified atom stereocenters. The summed E-state index contributed by atoms with van der Waals surface area (Å²) in [4.78, 5) is 12.3. The zero-order valence-corrected chi connectivity index (χ0v) is 20.2. The minimum atomic E-state index is -0.419. The van der Waals surface area contributed by atoms with Crippen molar-refractivity contribution in [3.63, 3.8) is 0 Å². The normalized spacial score (nSPS) is 11.1. The smallest absolute Gasteiger partial charge is 0.308 e. The van der Waals surface area contributed by atoms with E-state index in [0.29, 0.717) is 33.0 Å². The highest BCUT2D eigenvalue weighted by Gasteiger charge is 2.24. The van der Waals surface area contributed by atoms with Gasteiger partial charge in [0.25, 0.3) is 5.89 Å². The molecule has 0 aliphatic carbocycles. The average molecular weight is 505 g/mol. The van der Waals surface area contributed by atoms with Crippen molar-refractivity contribution in [1.29, 1.82) is 0 Å². The first-order valence-corrected chi connectivity index (χ1v) is 11.5. The molecule has 0 atom stereocenters. The molecule has 0 radical (unpaired) electrons. The standard InChI is InChI=1S/C23H20Cl3N5O2/c1-3-4-11-27-21(32)23-29-28-22(33-23)19-13(2)20(14-5-7-15(24)8-6-14)31(30-19)18-10-9-16(25)12-17(18)26/h5-10,12H,3-4,11H2,1-2H3,(H,27,32). The van der Waals surface area contributed by atoms with Crippen molar-refractivity contribution in [2.75, 3.05) is 6.54 Å². The van der Waals surface area contributed by atoms with Crippen molar-refractivity contribution < 1.29 is 9.21 Å². The molecule has 33 heavy (non-hydrogen) atoms. The molecule has 0 bridgehead atoms. The lowest BCUT2D eigenvalue weighted by molar-refractivity contribution is 0.0919. The molecule has 0 fully saturated rings. The number of halogens is 3. The molecule has 0 aliphatic rings. The molecule has 0 spiro atoms. The summed E-state index contributed by atoms with van der Waals surface area (Å²) >= 11 is 18.7. The van der Waals surface area contributed by atoms with Gasteiger partial charge in [0.2, 0.25) is 0 Å². The lowest BCUT2D eigenvalue weighted by Gasteiger charge is -2.11. The molecule has 170 valence electrons. The summed E-state index contributed by atoms with van der Waals surface area (Å²) in [6.07, 6.45) is 1.83. The summed E-state index contributed by atoms with van der Waals surface area (Å²) in [6, 6.07) is 12.5. The molecule has 4 aromatic rings. The first-order chi connectivity index (χ1) is 15.9. The number of nitrogens with zero attached hydrogens (tertiary/aromatic N) is 4. The molecule has 2 aromatic carbocycles. The minimum absolute atomic E-state index is 0.118. The molecule has 4 rings (SSSR count). The second-order valence-electron chi connectivity index (χ2n) is 7.36. The van der Waals surface area contributed by atoms with Crippen molar-refractivity contribution >= 4 is 40.7 Å². The van der Waals surface area contributed by atoms with Crippen molar-refractivity contribution in [3.8, 4) is 28.5 Å². The Kier molecular flexibility index (Phi) is 7.02. The van der Waals surface area contributed by atoms with Crippen LogP contribution in [0, 0.1) is 6.92 Å². The van der Waals surface area contributed by atoms with Gasteiger partial charge >= 0.3 is 11.8 Å². The summed E-state index contributed by atoms with van der Waals surface area (Å²) in [7, 11) is 0. The quantitative estimate of drug-likeness (QED) is 0.295. The number of benzene rings is 2. The first-order valence-electron chi connectivity index (χ1n) is 10.3. The Morgan fingerprint density at radius 3 is 2.48 bits per heavy atom. The van der Waals surface area contributed by atoms with Crippen LogP contribution in [0.2, 0.25) is 15.1 Å². The van der Waals surface area contributed by atoms with Gasteiger partial charge in [-0.15, -0.1) is 10.2 Å². The van der Waals surface area contributed by atoms with Gasteiger partial charge in [0.1, 0.15) is 0 Å². The number of nitrogens with one attached hydrogen (secondary N) is 1. The number of hydrogen-bond acceptors (Lipinski definition) is 5. The highest BCUT2D eigenvalue weighted by Crippen LogP contribution is 2.36. The predicted octanol–water partition coefficient (Wildman–Crippen LogP) is 6.39. The van der Waals surface area contributed by atoms with Crippen molar-refractivity contribution in [3.05, 3.63) is 69.0 Å². The molecule has 0 saturated carbocycles. The fourth-order valence-corrected chi connectivity index (χ4v) is 3.95. The average Bonchev–Trinajstić information content (AvgIpc) is 3.40. The highest BCUT2D eigenvalue weighted by molar-refractivity contribution is 6.35. The molecular weight excluding hydrogens is 485 g/mol. The second kappa shape index (κ2) is 9.95. The van der Waals surface area contributed by atoms with E-state index in [2.05, 4.69) is 15.5 Å². The maximum absolute atomic E-state index is 12.3. The van der Waals surface area contributed by atoms with E-state index < -0.39 is 5.91 Å². The Hall–Kier alpha value is -2.87. The van der Waals surface area contributed by atoms with Crippen molar-refractivity contribution in [1.82, 2.24) is 25.3 Å². The molecule has 2 heterocycles. The minimum Gasteiger partial charge on any atom is -0.411 e. The van der Waals surface area contributed by atoms with Crippen molar-refractivity contribution in [2.45, 2.75) is 26.7 Å². The number of unbranched alkanes of at least 4 members (excludes halogenated alkanes) is 1. The zero-order valence-electron chi connectivity index (χ0n) is 17.9. The summed E-state index contributed by atoms with van der Waals surface area (Å²) in [6.45, 7) is 4.47.